The standard InChI is InChI=1S/C33H36N4O6S2/c1-23-7-3-12-30(24(23)2)43-16-6-13-32(39)37-15-17-44-33-28(10-5-11-29(33)37)26-20-34-36(22-26)21-25-8-4-9-27(19-25)35-31(38)14-18-45(40,41)42/h3-5,7-12,19-20,22H,6,13-18,21H2,1-2H3,(H,35,38)(H,40,41,42). The Balaban J connectivity index is 1.21. The van der Waals surface area contributed by atoms with E-state index in [4.69, 9.17) is 9.29 Å². The van der Waals surface area contributed by atoms with E-state index in [0.29, 0.717) is 38.2 Å². The Hall–Kier alpha value is -4.13. The van der Waals surface area contributed by atoms with Crippen molar-refractivity contribution in [1.29, 1.82) is 0 Å². The van der Waals surface area contributed by atoms with Gasteiger partial charge < -0.3 is 15.0 Å². The van der Waals surface area contributed by atoms with Crippen LogP contribution in [0, 0.1) is 13.8 Å². The molecule has 0 saturated heterocycles. The Kier molecular flexibility index (Phi) is 10.3. The number of amides is 2. The lowest BCUT2D eigenvalue weighted by Gasteiger charge is -2.30. The molecule has 236 valence electrons. The molecule has 0 fully saturated rings. The van der Waals surface area contributed by atoms with Gasteiger partial charge in [-0.1, -0.05) is 36.4 Å². The van der Waals surface area contributed by atoms with Crippen LogP contribution in [-0.4, -0.2) is 59.2 Å². The summed E-state index contributed by atoms with van der Waals surface area (Å²) in [6, 6.07) is 19.2. The van der Waals surface area contributed by atoms with Gasteiger partial charge in [-0.15, -0.1) is 11.8 Å². The molecule has 1 aromatic heterocycles. The van der Waals surface area contributed by atoms with Gasteiger partial charge in [-0.3, -0.25) is 18.8 Å². The lowest BCUT2D eigenvalue weighted by molar-refractivity contribution is -0.119. The maximum atomic E-state index is 13.3. The quantitative estimate of drug-likeness (QED) is 0.147. The number of fused-ring (bicyclic) bond motifs is 1. The minimum absolute atomic E-state index is 0.0823. The molecule has 0 unspecified atom stereocenters. The molecule has 0 bridgehead atoms. The number of nitrogens with one attached hydrogen (secondary N) is 1. The second-order valence-electron chi connectivity index (χ2n) is 10.9. The molecule has 2 heterocycles. The van der Waals surface area contributed by atoms with Crippen molar-refractivity contribution in [3.05, 3.63) is 89.7 Å². The van der Waals surface area contributed by atoms with Crippen molar-refractivity contribution < 1.29 is 27.3 Å². The van der Waals surface area contributed by atoms with E-state index in [0.717, 1.165) is 44.3 Å². The van der Waals surface area contributed by atoms with Crippen LogP contribution in [0.15, 0.2) is 78.0 Å². The number of benzene rings is 3. The summed E-state index contributed by atoms with van der Waals surface area (Å²) in [6.07, 6.45) is 4.46. The van der Waals surface area contributed by atoms with Gasteiger partial charge in [-0.05, 0) is 61.2 Å². The van der Waals surface area contributed by atoms with Gasteiger partial charge in [0, 0.05) is 53.0 Å². The van der Waals surface area contributed by atoms with Crippen LogP contribution in [0.3, 0.4) is 0 Å². The largest absolute Gasteiger partial charge is 0.493 e. The van der Waals surface area contributed by atoms with Gasteiger partial charge in [0.25, 0.3) is 10.1 Å². The fraction of sp³-hybridized carbons (Fsp3) is 0.303. The van der Waals surface area contributed by atoms with E-state index < -0.39 is 21.8 Å². The third kappa shape index (κ3) is 8.53. The molecule has 0 saturated carbocycles. The van der Waals surface area contributed by atoms with E-state index in [9.17, 15) is 18.0 Å². The fourth-order valence-electron chi connectivity index (χ4n) is 5.12. The number of carbonyl (C=O) groups excluding carboxylic acids is 2. The van der Waals surface area contributed by atoms with Crippen molar-refractivity contribution in [2.45, 2.75) is 44.6 Å². The number of anilines is 2. The first kappa shape index (κ1) is 32.3. The zero-order valence-electron chi connectivity index (χ0n) is 25.2. The average molecular weight is 649 g/mol. The van der Waals surface area contributed by atoms with Crippen molar-refractivity contribution in [1.82, 2.24) is 9.78 Å². The lowest BCUT2D eigenvalue weighted by Crippen LogP contribution is -2.35. The van der Waals surface area contributed by atoms with Crippen molar-refractivity contribution in [3.63, 3.8) is 0 Å². The van der Waals surface area contributed by atoms with Crippen LogP contribution in [0.4, 0.5) is 11.4 Å². The van der Waals surface area contributed by atoms with Gasteiger partial charge in [0.05, 0.1) is 30.8 Å². The molecule has 2 N–H and O–H groups in total. The predicted molar refractivity (Wildman–Crippen MR) is 177 cm³/mol. The Morgan fingerprint density at radius 2 is 1.87 bits per heavy atom. The second kappa shape index (κ2) is 14.3. The minimum Gasteiger partial charge on any atom is -0.493 e. The highest BCUT2D eigenvalue weighted by molar-refractivity contribution is 7.99. The van der Waals surface area contributed by atoms with E-state index in [1.807, 2.05) is 60.6 Å². The van der Waals surface area contributed by atoms with Crippen LogP contribution < -0.4 is 15.0 Å². The van der Waals surface area contributed by atoms with Crippen molar-refractivity contribution in [2.24, 2.45) is 0 Å². The predicted octanol–water partition coefficient (Wildman–Crippen LogP) is 5.73. The number of thioether (sulfide) groups is 1. The number of nitrogens with zero attached hydrogens (tertiary/aromatic N) is 3. The van der Waals surface area contributed by atoms with Crippen LogP contribution in [0.2, 0.25) is 0 Å². The zero-order chi connectivity index (χ0) is 32.0. The number of hydrogen-bond donors (Lipinski definition) is 2. The van der Waals surface area contributed by atoms with Gasteiger partial charge in [0.15, 0.2) is 0 Å². The van der Waals surface area contributed by atoms with Crippen molar-refractivity contribution in [3.8, 4) is 16.9 Å². The Morgan fingerprint density at radius 3 is 2.69 bits per heavy atom. The minimum atomic E-state index is -4.21. The van der Waals surface area contributed by atoms with Gasteiger partial charge in [-0.2, -0.15) is 13.5 Å². The molecule has 0 aliphatic carbocycles. The molecular formula is C33H36N4O6S2. The van der Waals surface area contributed by atoms with E-state index in [1.165, 1.54) is 5.56 Å². The van der Waals surface area contributed by atoms with Crippen LogP contribution in [0.25, 0.3) is 11.1 Å². The molecule has 12 heteroatoms. The summed E-state index contributed by atoms with van der Waals surface area (Å²) < 4.78 is 38.5. The zero-order valence-corrected chi connectivity index (χ0v) is 26.9. The molecular weight excluding hydrogens is 613 g/mol. The van der Waals surface area contributed by atoms with Gasteiger partial charge in [0.1, 0.15) is 5.75 Å². The molecule has 1 aliphatic rings. The molecule has 0 spiro atoms. The molecule has 0 radical (unpaired) electrons. The Morgan fingerprint density at radius 1 is 1.07 bits per heavy atom. The monoisotopic (exact) mass is 648 g/mol. The first-order valence-corrected chi connectivity index (χ1v) is 17.3. The molecule has 3 aromatic carbocycles. The average Bonchev–Trinajstić information content (AvgIpc) is 3.47. The number of hydrogen-bond acceptors (Lipinski definition) is 7. The normalized spacial score (nSPS) is 12.9. The SMILES string of the molecule is Cc1cccc(OCCCC(=O)N2CCSc3c(-c4cnn(Cc5cccc(NC(=O)CCS(=O)(=O)O)c5)c4)cccc32)c1C. The van der Waals surface area contributed by atoms with Crippen LogP contribution >= 0.6 is 11.8 Å². The topological polar surface area (TPSA) is 131 Å². The third-order valence-corrected chi connectivity index (χ3v) is 9.41. The number of ether oxygens (including phenoxy) is 1. The highest BCUT2D eigenvalue weighted by atomic mass is 32.2. The molecule has 5 rings (SSSR count). The van der Waals surface area contributed by atoms with Gasteiger partial charge in [0.2, 0.25) is 11.8 Å². The highest BCUT2D eigenvalue weighted by Crippen LogP contribution is 2.42. The Labute approximate surface area is 267 Å². The van der Waals surface area contributed by atoms with Crippen molar-refractivity contribution >= 4 is 45.1 Å². The maximum Gasteiger partial charge on any atom is 0.265 e. The molecule has 10 nitrogen and oxygen atoms in total. The number of aromatic nitrogens is 2. The molecule has 4 aromatic rings. The molecule has 2 amide bonds. The highest BCUT2D eigenvalue weighted by Gasteiger charge is 2.25. The van der Waals surface area contributed by atoms with Crippen molar-refractivity contribution in [2.75, 3.05) is 34.9 Å². The molecule has 1 aliphatic heterocycles. The summed E-state index contributed by atoms with van der Waals surface area (Å²) >= 11 is 1.74. The van der Waals surface area contributed by atoms with Crippen LogP contribution in [0.5, 0.6) is 5.75 Å². The summed E-state index contributed by atoms with van der Waals surface area (Å²) in [6.45, 7) is 5.68. The lowest BCUT2D eigenvalue weighted by atomic mass is 10.1. The van der Waals surface area contributed by atoms with E-state index in [1.54, 1.807) is 34.6 Å². The third-order valence-electron chi connectivity index (χ3n) is 7.58. The van der Waals surface area contributed by atoms with Crippen LogP contribution in [-0.2, 0) is 26.3 Å². The van der Waals surface area contributed by atoms with E-state index in [-0.39, 0.29) is 12.3 Å². The number of aryl methyl sites for hydroxylation is 1. The first-order chi connectivity index (χ1) is 21.6. The first-order valence-electron chi connectivity index (χ1n) is 14.7. The number of rotatable bonds is 12. The molecule has 45 heavy (non-hydrogen) atoms. The molecule has 0 atom stereocenters. The summed E-state index contributed by atoms with van der Waals surface area (Å²) in [7, 11) is -4.21. The summed E-state index contributed by atoms with van der Waals surface area (Å²) in [5, 5.41) is 7.22. The summed E-state index contributed by atoms with van der Waals surface area (Å²) in [5.74, 6) is 0.604. The van der Waals surface area contributed by atoms with E-state index in [2.05, 4.69) is 23.4 Å². The summed E-state index contributed by atoms with van der Waals surface area (Å²) in [4.78, 5) is 28.3. The maximum absolute atomic E-state index is 13.3. The Bertz CT molecular complexity index is 1800. The number of carbonyl (C=O) groups is 2. The van der Waals surface area contributed by atoms with Gasteiger partial charge in [-0.25, -0.2) is 0 Å². The fourth-order valence-corrected chi connectivity index (χ4v) is 6.71. The van der Waals surface area contributed by atoms with E-state index >= 15 is 0 Å². The second-order valence-corrected chi connectivity index (χ2v) is 13.6. The van der Waals surface area contributed by atoms with Gasteiger partial charge >= 0.3 is 0 Å². The van der Waals surface area contributed by atoms with Crippen LogP contribution in [0.1, 0.15) is 36.0 Å². The smallest absolute Gasteiger partial charge is 0.265 e. The summed E-state index contributed by atoms with van der Waals surface area (Å²) in [5.41, 5.74) is 6.57.